The molecule has 0 aromatic heterocycles. The van der Waals surface area contributed by atoms with Crippen LogP contribution >= 0.6 is 23.0 Å². The van der Waals surface area contributed by atoms with Crippen LogP contribution in [0.25, 0.3) is 0 Å². The van der Waals surface area contributed by atoms with Gasteiger partial charge in [0, 0.05) is 0 Å². The lowest BCUT2D eigenvalue weighted by molar-refractivity contribution is 0.0591. The minimum Gasteiger partial charge on any atom is -0.497 e. The van der Waals surface area contributed by atoms with Gasteiger partial charge in [-0.25, -0.2) is 9.59 Å². The van der Waals surface area contributed by atoms with Crippen molar-refractivity contribution in [1.82, 2.24) is 0 Å². The number of carbonyl (C=O) groups is 2. The van der Waals surface area contributed by atoms with Gasteiger partial charge in [0.15, 0.2) is 23.0 Å². The first kappa shape index (κ1) is 12.8. The predicted molar refractivity (Wildman–Crippen MR) is 63.8 cm³/mol. The van der Waals surface area contributed by atoms with Gasteiger partial charge in [0.2, 0.25) is 0 Å². The van der Waals surface area contributed by atoms with Crippen molar-refractivity contribution in [3.63, 3.8) is 0 Å². The monoisotopic (exact) mass is 336 g/mol. The van der Waals surface area contributed by atoms with Crippen molar-refractivity contribution in [2.45, 2.75) is 0 Å². The summed E-state index contributed by atoms with van der Waals surface area (Å²) < 4.78 is 14.1. The Morgan fingerprint density at radius 2 is 1.81 bits per heavy atom. The number of esters is 1. The Labute approximate surface area is 106 Å². The maximum Gasteiger partial charge on any atom is 0.348 e. The summed E-state index contributed by atoms with van der Waals surface area (Å²) in [5, 5.41) is 0. The largest absolute Gasteiger partial charge is 0.497 e. The van der Waals surface area contributed by atoms with Crippen LogP contribution in [0.15, 0.2) is 18.2 Å². The first-order valence-electron chi connectivity index (χ1n) is 4.23. The van der Waals surface area contributed by atoms with Crippen LogP contribution in [0.2, 0.25) is 0 Å². The van der Waals surface area contributed by atoms with Gasteiger partial charge in [-0.15, -0.1) is 0 Å². The second-order valence-corrected chi connectivity index (χ2v) is 3.21. The maximum absolute atomic E-state index is 11.4. The van der Waals surface area contributed by atoms with Crippen LogP contribution < -0.4 is 4.74 Å². The van der Waals surface area contributed by atoms with Gasteiger partial charge in [-0.1, -0.05) is 0 Å². The fraction of sp³-hybridized carbons (Fsp3) is 0.200. The van der Waals surface area contributed by atoms with Crippen molar-refractivity contribution in [2.24, 2.45) is 0 Å². The fourth-order valence-electron chi connectivity index (χ4n) is 1.15. The summed E-state index contributed by atoms with van der Waals surface area (Å²) in [4.78, 5) is 22.8. The molecule has 1 rings (SSSR count). The lowest BCUT2D eigenvalue weighted by atomic mass is 10.1. The molecule has 0 radical (unpaired) electrons. The minimum atomic E-state index is -0.615. The van der Waals surface area contributed by atoms with Crippen molar-refractivity contribution >= 4 is 34.9 Å². The lowest BCUT2D eigenvalue weighted by Gasteiger charge is -2.07. The summed E-state index contributed by atoms with van der Waals surface area (Å²) in [6.45, 7) is 0. The highest BCUT2D eigenvalue weighted by Gasteiger charge is 2.19. The molecular formula is C10H9IO5. The maximum atomic E-state index is 11.4. The third-order valence-electron chi connectivity index (χ3n) is 1.92. The van der Waals surface area contributed by atoms with E-state index < -0.39 is 11.9 Å². The molecule has 86 valence electrons. The molecule has 0 aliphatic heterocycles. The Hall–Kier alpha value is -1.31. The van der Waals surface area contributed by atoms with E-state index in [9.17, 15) is 9.59 Å². The number of halogens is 1. The molecule has 16 heavy (non-hydrogen) atoms. The van der Waals surface area contributed by atoms with Crippen LogP contribution in [-0.2, 0) is 7.80 Å². The van der Waals surface area contributed by atoms with E-state index in [0.717, 1.165) is 0 Å². The van der Waals surface area contributed by atoms with Gasteiger partial charge < -0.3 is 12.5 Å². The fourth-order valence-corrected chi connectivity index (χ4v) is 1.39. The smallest absolute Gasteiger partial charge is 0.348 e. The molecule has 0 saturated carbocycles. The van der Waals surface area contributed by atoms with E-state index in [2.05, 4.69) is 7.80 Å². The van der Waals surface area contributed by atoms with Crippen molar-refractivity contribution in [3.8, 4) is 5.75 Å². The molecule has 5 nitrogen and oxygen atoms in total. The van der Waals surface area contributed by atoms with Crippen LogP contribution in [0.3, 0.4) is 0 Å². The molecule has 0 N–H and O–H groups in total. The van der Waals surface area contributed by atoms with Gasteiger partial charge in [-0.3, -0.25) is 0 Å². The number of rotatable bonds is 3. The average molecular weight is 336 g/mol. The van der Waals surface area contributed by atoms with E-state index in [1.165, 1.54) is 49.4 Å². The molecule has 0 spiro atoms. The molecule has 0 fully saturated rings. The first-order chi connectivity index (χ1) is 7.63. The molecular weight excluding hydrogens is 327 g/mol. The highest BCUT2D eigenvalue weighted by Crippen LogP contribution is 2.20. The van der Waals surface area contributed by atoms with Gasteiger partial charge in [-0.2, -0.15) is 0 Å². The summed E-state index contributed by atoms with van der Waals surface area (Å²) in [6, 6.07) is 4.44. The Kier molecular flexibility index (Phi) is 4.53. The number of ether oxygens (including phenoxy) is 2. The second kappa shape index (κ2) is 5.69. The van der Waals surface area contributed by atoms with Crippen LogP contribution in [0.1, 0.15) is 20.7 Å². The average Bonchev–Trinajstić information content (AvgIpc) is 2.36. The summed E-state index contributed by atoms with van der Waals surface area (Å²) in [5.41, 5.74) is 0.255. The van der Waals surface area contributed by atoms with E-state index in [1.807, 2.05) is 0 Å². The topological polar surface area (TPSA) is 61.8 Å². The van der Waals surface area contributed by atoms with Crippen molar-refractivity contribution in [2.75, 3.05) is 14.2 Å². The molecule has 0 aliphatic rings. The minimum absolute atomic E-state index is 0.114. The van der Waals surface area contributed by atoms with E-state index in [0.29, 0.717) is 5.75 Å². The summed E-state index contributed by atoms with van der Waals surface area (Å²) in [5.74, 6) is -0.759. The zero-order chi connectivity index (χ0) is 12.1. The summed E-state index contributed by atoms with van der Waals surface area (Å²) in [7, 11) is 2.70. The van der Waals surface area contributed by atoms with Crippen LogP contribution in [0.4, 0.5) is 0 Å². The number of benzene rings is 1. The molecule has 0 saturated heterocycles. The third kappa shape index (κ3) is 2.63. The highest BCUT2D eigenvalue weighted by molar-refractivity contribution is 14.1. The standard InChI is InChI=1S/C10H9IO5/c1-14-6-3-4-7(10(13)16-11)8(5-6)9(12)15-2/h3-5H,1-2H3. The molecule has 1 aromatic carbocycles. The van der Waals surface area contributed by atoms with E-state index in [-0.39, 0.29) is 11.1 Å². The van der Waals surface area contributed by atoms with E-state index in [1.54, 1.807) is 6.07 Å². The number of carbonyl (C=O) groups excluding carboxylic acids is 2. The van der Waals surface area contributed by atoms with E-state index >= 15 is 0 Å². The van der Waals surface area contributed by atoms with Gasteiger partial charge in [0.25, 0.3) is 0 Å². The molecule has 6 heteroatoms. The molecule has 0 amide bonds. The molecule has 0 aliphatic carbocycles. The Balaban J connectivity index is 3.26. The quantitative estimate of drug-likeness (QED) is 0.624. The lowest BCUT2D eigenvalue weighted by Crippen LogP contribution is -2.10. The van der Waals surface area contributed by atoms with E-state index in [4.69, 9.17) is 4.74 Å². The summed E-state index contributed by atoms with van der Waals surface area (Å²) in [6.07, 6.45) is 0. The van der Waals surface area contributed by atoms with Gasteiger partial charge in [-0.05, 0) is 18.2 Å². The normalized spacial score (nSPS) is 9.44. The molecule has 1 aromatic rings. The number of hydrogen-bond acceptors (Lipinski definition) is 5. The van der Waals surface area contributed by atoms with Crippen LogP contribution in [-0.4, -0.2) is 26.2 Å². The highest BCUT2D eigenvalue weighted by atomic mass is 127. The predicted octanol–water partition coefficient (Wildman–Crippen LogP) is 1.99. The Morgan fingerprint density at radius 3 is 2.31 bits per heavy atom. The van der Waals surface area contributed by atoms with Crippen molar-refractivity contribution in [1.29, 1.82) is 0 Å². The number of hydrogen-bond donors (Lipinski definition) is 0. The molecule has 0 heterocycles. The number of methoxy groups -OCH3 is 2. The first-order valence-corrected chi connectivity index (χ1v) is 5.11. The molecule has 0 bridgehead atoms. The van der Waals surface area contributed by atoms with Crippen LogP contribution in [0.5, 0.6) is 5.75 Å². The van der Waals surface area contributed by atoms with Crippen molar-refractivity contribution < 1.29 is 22.1 Å². The Morgan fingerprint density at radius 1 is 1.12 bits per heavy atom. The molecule has 0 atom stereocenters. The zero-order valence-electron chi connectivity index (χ0n) is 8.65. The van der Waals surface area contributed by atoms with Crippen molar-refractivity contribution in [3.05, 3.63) is 29.3 Å². The zero-order valence-corrected chi connectivity index (χ0v) is 10.8. The second-order valence-electron chi connectivity index (χ2n) is 2.77. The van der Waals surface area contributed by atoms with Gasteiger partial charge in [0.05, 0.1) is 25.3 Å². The SMILES string of the molecule is COC(=O)c1cc(OC)ccc1C(=O)OI. The van der Waals surface area contributed by atoms with Crippen LogP contribution in [0, 0.1) is 0 Å². The third-order valence-corrected chi connectivity index (χ3v) is 2.32. The molecule has 0 unspecified atom stereocenters. The van der Waals surface area contributed by atoms with Gasteiger partial charge >= 0.3 is 11.9 Å². The Bertz CT molecular complexity index is 416. The van der Waals surface area contributed by atoms with Gasteiger partial charge in [0.1, 0.15) is 5.75 Å². The summed E-state index contributed by atoms with van der Waals surface area (Å²) >= 11 is 1.45.